The summed E-state index contributed by atoms with van der Waals surface area (Å²) in [5.41, 5.74) is -0.537. The number of imide groups is 1. The van der Waals surface area contributed by atoms with Gasteiger partial charge in [-0.2, -0.15) is 0 Å². The third-order valence-corrected chi connectivity index (χ3v) is 4.19. The van der Waals surface area contributed by atoms with Crippen molar-refractivity contribution in [2.75, 3.05) is 13.7 Å². The van der Waals surface area contributed by atoms with Crippen LogP contribution in [0.25, 0.3) is 0 Å². The zero-order valence-electron chi connectivity index (χ0n) is 13.1. The van der Waals surface area contributed by atoms with Gasteiger partial charge in [0.05, 0.1) is 7.11 Å². The van der Waals surface area contributed by atoms with E-state index in [1.807, 2.05) is 0 Å². The number of carbonyl (C=O) groups is 3. The number of methoxy groups -OCH3 is 1. The number of nitrogens with one attached hydrogen (secondary N) is 2. The van der Waals surface area contributed by atoms with E-state index < -0.39 is 17.5 Å². The predicted octanol–water partition coefficient (Wildman–Crippen LogP) is 0.741. The average Bonchev–Trinajstić information content (AvgIpc) is 3.32. The number of carbonyl (C=O) groups excluding carboxylic acids is 3. The molecular weight excluding hydrogens is 298 g/mol. The van der Waals surface area contributed by atoms with Gasteiger partial charge in [-0.25, -0.2) is 4.79 Å². The normalized spacial score (nSPS) is 23.7. The molecule has 1 saturated carbocycles. The van der Waals surface area contributed by atoms with Crippen LogP contribution < -0.4 is 15.4 Å². The largest absolute Gasteiger partial charge is 0.497 e. The number of ether oxygens (including phenoxy) is 1. The van der Waals surface area contributed by atoms with Crippen molar-refractivity contribution in [1.82, 2.24) is 15.5 Å². The van der Waals surface area contributed by atoms with Crippen molar-refractivity contribution in [3.63, 3.8) is 0 Å². The molecule has 1 aromatic rings. The van der Waals surface area contributed by atoms with E-state index in [-0.39, 0.29) is 18.5 Å². The number of benzene rings is 1. The second-order valence-corrected chi connectivity index (χ2v) is 6.02. The number of hydrogen-bond acceptors (Lipinski definition) is 4. The minimum atomic E-state index is -1.18. The standard InChI is InChI=1S/C16H19N3O4/c1-16(10-3-7-12(23-2)8-4-10)14(21)19(15(22)18-16)9-13(20)17-11-5-6-11/h3-4,7-8,11H,5-6,9H2,1-2H3,(H,17,20)(H,18,22)/t16-/m1/s1. The van der Waals surface area contributed by atoms with E-state index in [1.54, 1.807) is 38.3 Å². The van der Waals surface area contributed by atoms with Crippen LogP contribution >= 0.6 is 0 Å². The fourth-order valence-electron chi connectivity index (χ4n) is 2.61. The summed E-state index contributed by atoms with van der Waals surface area (Å²) in [5, 5.41) is 5.45. The molecule has 1 aliphatic carbocycles. The van der Waals surface area contributed by atoms with Crippen LogP contribution in [0.15, 0.2) is 24.3 Å². The molecule has 1 heterocycles. The minimum Gasteiger partial charge on any atom is -0.497 e. The number of rotatable bonds is 5. The first kappa shape index (κ1) is 15.3. The van der Waals surface area contributed by atoms with E-state index in [2.05, 4.69) is 10.6 Å². The second-order valence-electron chi connectivity index (χ2n) is 6.02. The molecule has 0 spiro atoms. The van der Waals surface area contributed by atoms with Crippen molar-refractivity contribution < 1.29 is 19.1 Å². The van der Waals surface area contributed by atoms with E-state index in [1.165, 1.54) is 0 Å². The molecule has 4 amide bonds. The van der Waals surface area contributed by atoms with Gasteiger partial charge in [-0.1, -0.05) is 12.1 Å². The summed E-state index contributed by atoms with van der Waals surface area (Å²) in [5.74, 6) is -0.0802. The number of hydrogen-bond donors (Lipinski definition) is 2. The molecule has 3 rings (SSSR count). The predicted molar refractivity (Wildman–Crippen MR) is 81.8 cm³/mol. The highest BCUT2D eigenvalue weighted by Gasteiger charge is 2.49. The van der Waals surface area contributed by atoms with Crippen molar-refractivity contribution in [3.05, 3.63) is 29.8 Å². The van der Waals surface area contributed by atoms with Crippen LogP contribution in [0.5, 0.6) is 5.75 Å². The van der Waals surface area contributed by atoms with Gasteiger partial charge in [0, 0.05) is 6.04 Å². The van der Waals surface area contributed by atoms with Gasteiger partial charge < -0.3 is 15.4 Å². The summed E-state index contributed by atoms with van der Waals surface area (Å²) < 4.78 is 5.09. The lowest BCUT2D eigenvalue weighted by molar-refractivity contribution is -0.134. The lowest BCUT2D eigenvalue weighted by Crippen LogP contribution is -2.43. The smallest absolute Gasteiger partial charge is 0.325 e. The Kier molecular flexibility index (Phi) is 3.71. The first-order valence-electron chi connectivity index (χ1n) is 7.52. The van der Waals surface area contributed by atoms with Crippen LogP contribution in [0, 0.1) is 0 Å². The summed E-state index contributed by atoms with van der Waals surface area (Å²) in [7, 11) is 1.55. The molecule has 1 aliphatic heterocycles. The van der Waals surface area contributed by atoms with Crippen LogP contribution in [0.4, 0.5) is 4.79 Å². The molecule has 1 atom stereocenters. The summed E-state index contributed by atoms with van der Waals surface area (Å²) in [6.45, 7) is 1.38. The number of nitrogens with zero attached hydrogens (tertiary/aromatic N) is 1. The van der Waals surface area contributed by atoms with Crippen molar-refractivity contribution >= 4 is 17.8 Å². The van der Waals surface area contributed by atoms with E-state index in [0.717, 1.165) is 17.7 Å². The van der Waals surface area contributed by atoms with E-state index >= 15 is 0 Å². The van der Waals surface area contributed by atoms with Crippen LogP contribution in [0.1, 0.15) is 25.3 Å². The van der Waals surface area contributed by atoms with Crippen LogP contribution in [0.3, 0.4) is 0 Å². The van der Waals surface area contributed by atoms with Crippen molar-refractivity contribution in [1.29, 1.82) is 0 Å². The van der Waals surface area contributed by atoms with Gasteiger partial charge in [0.25, 0.3) is 5.91 Å². The summed E-state index contributed by atoms with van der Waals surface area (Å²) >= 11 is 0. The Morgan fingerprint density at radius 3 is 2.57 bits per heavy atom. The molecule has 122 valence electrons. The molecular formula is C16H19N3O4. The molecule has 0 aromatic heterocycles. The number of amides is 4. The Balaban J connectivity index is 1.76. The monoisotopic (exact) mass is 317 g/mol. The Morgan fingerprint density at radius 1 is 1.35 bits per heavy atom. The molecule has 2 fully saturated rings. The highest BCUT2D eigenvalue weighted by atomic mass is 16.5. The van der Waals surface area contributed by atoms with Gasteiger partial charge in [0.2, 0.25) is 5.91 Å². The Bertz CT molecular complexity index is 654. The van der Waals surface area contributed by atoms with Crippen molar-refractivity contribution in [2.45, 2.75) is 31.3 Å². The quantitative estimate of drug-likeness (QED) is 0.784. The molecule has 7 nitrogen and oxygen atoms in total. The SMILES string of the molecule is COc1ccc([C@@]2(C)NC(=O)N(CC(=O)NC3CC3)C2=O)cc1. The molecule has 7 heteroatoms. The topological polar surface area (TPSA) is 87.7 Å². The molecule has 2 N–H and O–H groups in total. The molecule has 0 bridgehead atoms. The molecule has 0 radical (unpaired) electrons. The third kappa shape index (κ3) is 2.86. The lowest BCUT2D eigenvalue weighted by atomic mass is 9.92. The molecule has 1 aromatic carbocycles. The van der Waals surface area contributed by atoms with Gasteiger partial charge >= 0.3 is 6.03 Å². The fourth-order valence-corrected chi connectivity index (χ4v) is 2.61. The Hall–Kier alpha value is -2.57. The summed E-state index contributed by atoms with van der Waals surface area (Å²) in [6, 6.07) is 6.54. The maximum Gasteiger partial charge on any atom is 0.325 e. The minimum absolute atomic E-state index is 0.191. The van der Waals surface area contributed by atoms with E-state index in [4.69, 9.17) is 4.74 Å². The average molecular weight is 317 g/mol. The van der Waals surface area contributed by atoms with E-state index in [9.17, 15) is 14.4 Å². The van der Waals surface area contributed by atoms with Gasteiger partial charge in [0.15, 0.2) is 0 Å². The zero-order chi connectivity index (χ0) is 16.6. The molecule has 23 heavy (non-hydrogen) atoms. The molecule has 0 unspecified atom stereocenters. The first-order valence-corrected chi connectivity index (χ1v) is 7.52. The molecule has 2 aliphatic rings. The first-order chi connectivity index (χ1) is 10.9. The van der Waals surface area contributed by atoms with Gasteiger partial charge in [-0.05, 0) is 37.5 Å². The molecule has 1 saturated heterocycles. The van der Waals surface area contributed by atoms with E-state index in [0.29, 0.717) is 11.3 Å². The van der Waals surface area contributed by atoms with Gasteiger partial charge in [-0.3, -0.25) is 14.5 Å². The Labute approximate surface area is 134 Å². The van der Waals surface area contributed by atoms with Crippen molar-refractivity contribution in [3.8, 4) is 5.75 Å². The van der Waals surface area contributed by atoms with Crippen LogP contribution in [-0.2, 0) is 15.1 Å². The maximum atomic E-state index is 12.7. The third-order valence-electron chi connectivity index (χ3n) is 4.19. The van der Waals surface area contributed by atoms with Gasteiger partial charge in [0.1, 0.15) is 17.8 Å². The highest BCUT2D eigenvalue weighted by Crippen LogP contribution is 2.30. The second kappa shape index (κ2) is 5.57. The summed E-state index contributed by atoms with van der Waals surface area (Å²) in [4.78, 5) is 37.6. The maximum absolute atomic E-state index is 12.7. The highest BCUT2D eigenvalue weighted by molar-refractivity contribution is 6.09. The van der Waals surface area contributed by atoms with Gasteiger partial charge in [-0.15, -0.1) is 0 Å². The fraction of sp³-hybridized carbons (Fsp3) is 0.438. The van der Waals surface area contributed by atoms with Crippen LogP contribution in [0.2, 0.25) is 0 Å². The Morgan fingerprint density at radius 2 is 2.00 bits per heavy atom. The summed E-state index contributed by atoms with van der Waals surface area (Å²) in [6.07, 6.45) is 1.91. The number of urea groups is 1. The lowest BCUT2D eigenvalue weighted by Gasteiger charge is -2.22. The van der Waals surface area contributed by atoms with Crippen LogP contribution in [-0.4, -0.2) is 42.4 Å². The zero-order valence-corrected chi connectivity index (χ0v) is 13.1. The van der Waals surface area contributed by atoms with Crippen molar-refractivity contribution in [2.24, 2.45) is 0 Å².